The molecule has 0 fully saturated rings. The SMILES string of the molecule is CC(C)C(C)C(=O)NCCCCCCCl. The Morgan fingerprint density at radius 1 is 1.13 bits per heavy atom. The molecule has 2 nitrogen and oxygen atoms in total. The van der Waals surface area contributed by atoms with E-state index in [9.17, 15) is 4.79 Å². The van der Waals surface area contributed by atoms with Crippen LogP contribution < -0.4 is 5.32 Å². The zero-order valence-electron chi connectivity index (χ0n) is 10.2. The molecule has 1 atom stereocenters. The quantitative estimate of drug-likeness (QED) is 0.506. The fourth-order valence-corrected chi connectivity index (χ4v) is 1.44. The lowest BCUT2D eigenvalue weighted by atomic mass is 9.97. The van der Waals surface area contributed by atoms with Gasteiger partial charge in [-0.2, -0.15) is 0 Å². The third-order valence-corrected chi connectivity index (χ3v) is 3.04. The molecule has 0 aliphatic rings. The number of rotatable bonds is 8. The van der Waals surface area contributed by atoms with E-state index in [4.69, 9.17) is 11.6 Å². The lowest BCUT2D eigenvalue weighted by molar-refractivity contribution is -0.125. The zero-order chi connectivity index (χ0) is 11.7. The maximum Gasteiger partial charge on any atom is 0.223 e. The summed E-state index contributed by atoms with van der Waals surface area (Å²) in [6.45, 7) is 6.93. The summed E-state index contributed by atoms with van der Waals surface area (Å²) in [7, 11) is 0. The monoisotopic (exact) mass is 233 g/mol. The highest BCUT2D eigenvalue weighted by Crippen LogP contribution is 2.09. The average molecular weight is 234 g/mol. The van der Waals surface area contributed by atoms with Crippen LogP contribution >= 0.6 is 11.6 Å². The van der Waals surface area contributed by atoms with Gasteiger partial charge in [0.05, 0.1) is 0 Å². The lowest BCUT2D eigenvalue weighted by Crippen LogP contribution is -2.32. The van der Waals surface area contributed by atoms with Crippen LogP contribution in [-0.2, 0) is 4.79 Å². The Kier molecular flexibility index (Phi) is 8.88. The van der Waals surface area contributed by atoms with E-state index < -0.39 is 0 Å². The van der Waals surface area contributed by atoms with E-state index in [1.807, 2.05) is 6.92 Å². The second kappa shape index (κ2) is 9.02. The predicted octanol–water partition coefficient (Wildman–Crippen LogP) is 3.19. The van der Waals surface area contributed by atoms with Crippen LogP contribution in [0, 0.1) is 11.8 Å². The van der Waals surface area contributed by atoms with Crippen LogP contribution in [0.1, 0.15) is 46.5 Å². The molecule has 0 aliphatic carbocycles. The molecule has 1 amide bonds. The molecule has 3 heteroatoms. The number of alkyl halides is 1. The molecule has 0 saturated heterocycles. The third-order valence-electron chi connectivity index (χ3n) is 2.77. The van der Waals surface area contributed by atoms with Gasteiger partial charge in [0.2, 0.25) is 5.91 Å². The molecular weight excluding hydrogens is 210 g/mol. The van der Waals surface area contributed by atoms with Crippen LogP contribution in [0.4, 0.5) is 0 Å². The summed E-state index contributed by atoms with van der Waals surface area (Å²) in [5.41, 5.74) is 0. The number of hydrogen-bond donors (Lipinski definition) is 1. The summed E-state index contributed by atoms with van der Waals surface area (Å²) in [6.07, 6.45) is 4.47. The topological polar surface area (TPSA) is 29.1 Å². The molecule has 0 heterocycles. The molecule has 0 rings (SSSR count). The molecule has 0 radical (unpaired) electrons. The van der Waals surface area contributed by atoms with Crippen LogP contribution in [-0.4, -0.2) is 18.3 Å². The van der Waals surface area contributed by atoms with E-state index in [0.29, 0.717) is 5.92 Å². The Labute approximate surface area is 98.8 Å². The summed E-state index contributed by atoms with van der Waals surface area (Å²) in [5.74, 6) is 1.47. The first-order chi connectivity index (χ1) is 7.09. The van der Waals surface area contributed by atoms with Crippen molar-refractivity contribution in [2.75, 3.05) is 12.4 Å². The first-order valence-corrected chi connectivity index (χ1v) is 6.46. The molecule has 0 aromatic carbocycles. The summed E-state index contributed by atoms with van der Waals surface area (Å²) in [6, 6.07) is 0. The summed E-state index contributed by atoms with van der Waals surface area (Å²) in [5, 5.41) is 2.97. The minimum Gasteiger partial charge on any atom is -0.356 e. The second-order valence-electron chi connectivity index (χ2n) is 4.43. The first kappa shape index (κ1) is 14.8. The van der Waals surface area contributed by atoms with E-state index in [2.05, 4.69) is 19.2 Å². The third kappa shape index (κ3) is 7.66. The van der Waals surface area contributed by atoms with E-state index >= 15 is 0 Å². The molecule has 0 spiro atoms. The Morgan fingerprint density at radius 2 is 1.73 bits per heavy atom. The molecule has 90 valence electrons. The molecule has 15 heavy (non-hydrogen) atoms. The molecule has 0 aliphatic heterocycles. The van der Waals surface area contributed by atoms with Gasteiger partial charge < -0.3 is 5.32 Å². The van der Waals surface area contributed by atoms with Crippen molar-refractivity contribution in [3.8, 4) is 0 Å². The van der Waals surface area contributed by atoms with Gasteiger partial charge in [-0.1, -0.05) is 33.6 Å². The summed E-state index contributed by atoms with van der Waals surface area (Å²) >= 11 is 5.57. The zero-order valence-corrected chi connectivity index (χ0v) is 10.9. The van der Waals surface area contributed by atoms with Crippen LogP contribution in [0.2, 0.25) is 0 Å². The molecule has 0 aromatic rings. The molecular formula is C12H24ClNO. The smallest absolute Gasteiger partial charge is 0.223 e. The van der Waals surface area contributed by atoms with E-state index in [0.717, 1.165) is 31.7 Å². The van der Waals surface area contributed by atoms with Crippen LogP contribution in [0.3, 0.4) is 0 Å². The lowest BCUT2D eigenvalue weighted by Gasteiger charge is -2.15. The highest BCUT2D eigenvalue weighted by atomic mass is 35.5. The number of nitrogens with one attached hydrogen (secondary N) is 1. The van der Waals surface area contributed by atoms with E-state index in [1.54, 1.807) is 0 Å². The number of hydrogen-bond acceptors (Lipinski definition) is 1. The molecule has 0 bridgehead atoms. The fraction of sp³-hybridized carbons (Fsp3) is 0.917. The van der Waals surface area contributed by atoms with Crippen molar-refractivity contribution in [2.24, 2.45) is 11.8 Å². The normalized spacial score (nSPS) is 12.9. The fourth-order valence-electron chi connectivity index (χ4n) is 1.25. The second-order valence-corrected chi connectivity index (χ2v) is 4.80. The van der Waals surface area contributed by atoms with Crippen molar-refractivity contribution in [1.29, 1.82) is 0 Å². The molecule has 1 N–H and O–H groups in total. The van der Waals surface area contributed by atoms with Crippen molar-refractivity contribution in [2.45, 2.75) is 46.5 Å². The minimum atomic E-state index is 0.118. The van der Waals surface area contributed by atoms with Crippen molar-refractivity contribution < 1.29 is 4.79 Å². The Balaban J connectivity index is 3.39. The van der Waals surface area contributed by atoms with Gasteiger partial charge in [-0.3, -0.25) is 4.79 Å². The van der Waals surface area contributed by atoms with Crippen LogP contribution in [0.25, 0.3) is 0 Å². The average Bonchev–Trinajstić information content (AvgIpc) is 2.21. The van der Waals surface area contributed by atoms with Gasteiger partial charge in [-0.25, -0.2) is 0 Å². The Hall–Kier alpha value is -0.240. The highest BCUT2D eigenvalue weighted by molar-refractivity contribution is 6.17. The molecule has 1 unspecified atom stereocenters. The summed E-state index contributed by atoms with van der Waals surface area (Å²) < 4.78 is 0. The van der Waals surface area contributed by atoms with Gasteiger partial charge in [-0.15, -0.1) is 11.6 Å². The number of amides is 1. The number of carbonyl (C=O) groups excluding carboxylic acids is 1. The van der Waals surface area contributed by atoms with Gasteiger partial charge in [0.25, 0.3) is 0 Å². The summed E-state index contributed by atoms with van der Waals surface area (Å²) in [4.78, 5) is 11.5. The van der Waals surface area contributed by atoms with Gasteiger partial charge in [0.1, 0.15) is 0 Å². The Morgan fingerprint density at radius 3 is 2.27 bits per heavy atom. The van der Waals surface area contributed by atoms with Gasteiger partial charge in [0.15, 0.2) is 0 Å². The first-order valence-electron chi connectivity index (χ1n) is 5.93. The van der Waals surface area contributed by atoms with Crippen molar-refractivity contribution in [3.63, 3.8) is 0 Å². The van der Waals surface area contributed by atoms with Gasteiger partial charge in [0, 0.05) is 18.3 Å². The Bertz CT molecular complexity index is 171. The molecule has 0 aromatic heterocycles. The number of carbonyl (C=O) groups is 1. The maximum atomic E-state index is 11.5. The van der Waals surface area contributed by atoms with Crippen LogP contribution in [0.5, 0.6) is 0 Å². The number of unbranched alkanes of at least 4 members (excludes halogenated alkanes) is 3. The van der Waals surface area contributed by atoms with E-state index in [-0.39, 0.29) is 11.8 Å². The van der Waals surface area contributed by atoms with Gasteiger partial charge >= 0.3 is 0 Å². The standard InChI is InChI=1S/C12H24ClNO/c1-10(2)11(3)12(15)14-9-7-5-4-6-8-13/h10-11H,4-9H2,1-3H3,(H,14,15). The number of halogens is 1. The van der Waals surface area contributed by atoms with Crippen LogP contribution in [0.15, 0.2) is 0 Å². The van der Waals surface area contributed by atoms with Crippen molar-refractivity contribution in [3.05, 3.63) is 0 Å². The van der Waals surface area contributed by atoms with Crippen molar-refractivity contribution >= 4 is 17.5 Å². The largest absolute Gasteiger partial charge is 0.356 e. The van der Waals surface area contributed by atoms with Gasteiger partial charge in [-0.05, 0) is 18.8 Å². The predicted molar refractivity (Wildman–Crippen MR) is 66.2 cm³/mol. The highest BCUT2D eigenvalue weighted by Gasteiger charge is 2.15. The maximum absolute atomic E-state index is 11.5. The van der Waals surface area contributed by atoms with Crippen molar-refractivity contribution in [1.82, 2.24) is 5.32 Å². The minimum absolute atomic E-state index is 0.118. The van der Waals surface area contributed by atoms with E-state index in [1.165, 1.54) is 6.42 Å². The molecule has 0 saturated carbocycles.